The van der Waals surface area contributed by atoms with Gasteiger partial charge in [0.25, 0.3) is 0 Å². The summed E-state index contributed by atoms with van der Waals surface area (Å²) in [5.74, 6) is 0. The van der Waals surface area contributed by atoms with Crippen molar-refractivity contribution >= 4 is 34.3 Å². The highest BCUT2D eigenvalue weighted by Crippen LogP contribution is 2.34. The van der Waals surface area contributed by atoms with E-state index >= 15 is 0 Å². The fourth-order valence-electron chi connectivity index (χ4n) is 3.06. The number of H-pyrrole nitrogens is 1. The Morgan fingerprint density at radius 2 is 2.00 bits per heavy atom. The largest absolute Gasteiger partial charge is 0.358 e. The van der Waals surface area contributed by atoms with Gasteiger partial charge in [0.2, 0.25) is 0 Å². The molecule has 1 aliphatic rings. The van der Waals surface area contributed by atoms with E-state index in [2.05, 4.69) is 41.2 Å². The number of nitrogens with zero attached hydrogens (tertiary/aromatic N) is 1. The molecule has 4 rings (SSSR count). The summed E-state index contributed by atoms with van der Waals surface area (Å²) >= 11 is 7.84. The SMILES string of the molecule is CN1CCc2[nH]c3ccc(Sc4cccc(Cl)c4)cc3c2C1. The predicted molar refractivity (Wildman–Crippen MR) is 93.9 cm³/mol. The van der Waals surface area contributed by atoms with Gasteiger partial charge in [0.1, 0.15) is 0 Å². The van der Waals surface area contributed by atoms with Gasteiger partial charge in [-0.15, -0.1) is 0 Å². The van der Waals surface area contributed by atoms with Crippen molar-refractivity contribution in [3.8, 4) is 0 Å². The third-order valence-electron chi connectivity index (χ3n) is 4.17. The minimum atomic E-state index is 0.784. The van der Waals surface area contributed by atoms with Crippen LogP contribution < -0.4 is 0 Å². The molecular weight excluding hydrogens is 312 g/mol. The van der Waals surface area contributed by atoms with Crippen molar-refractivity contribution in [1.82, 2.24) is 9.88 Å². The number of aromatic nitrogens is 1. The molecule has 0 fully saturated rings. The van der Waals surface area contributed by atoms with Gasteiger partial charge >= 0.3 is 0 Å². The summed E-state index contributed by atoms with van der Waals surface area (Å²) in [5.41, 5.74) is 4.10. The first kappa shape index (κ1) is 14.2. The van der Waals surface area contributed by atoms with Gasteiger partial charge < -0.3 is 9.88 Å². The number of nitrogens with one attached hydrogen (secondary N) is 1. The topological polar surface area (TPSA) is 19.0 Å². The normalized spacial score (nSPS) is 15.2. The van der Waals surface area contributed by atoms with Crippen LogP contribution in [0, 0.1) is 0 Å². The second-order valence-corrected chi connectivity index (χ2v) is 7.42. The molecule has 0 saturated heterocycles. The summed E-state index contributed by atoms with van der Waals surface area (Å²) in [4.78, 5) is 8.39. The quantitative estimate of drug-likeness (QED) is 0.717. The maximum Gasteiger partial charge on any atom is 0.0460 e. The van der Waals surface area contributed by atoms with E-state index in [1.165, 1.54) is 32.0 Å². The highest BCUT2D eigenvalue weighted by molar-refractivity contribution is 7.99. The Morgan fingerprint density at radius 1 is 1.14 bits per heavy atom. The van der Waals surface area contributed by atoms with Gasteiger partial charge in [0, 0.05) is 50.9 Å². The number of halogens is 1. The minimum Gasteiger partial charge on any atom is -0.358 e. The summed E-state index contributed by atoms with van der Waals surface area (Å²) in [5, 5.41) is 2.14. The lowest BCUT2D eigenvalue weighted by Crippen LogP contribution is -2.25. The van der Waals surface area contributed by atoms with E-state index in [0.717, 1.165) is 24.5 Å². The molecule has 0 spiro atoms. The Kier molecular flexibility index (Phi) is 3.65. The Labute approximate surface area is 139 Å². The first-order chi connectivity index (χ1) is 10.7. The number of benzene rings is 2. The molecule has 1 aliphatic heterocycles. The van der Waals surface area contributed by atoms with E-state index in [4.69, 9.17) is 11.6 Å². The Morgan fingerprint density at radius 3 is 2.86 bits per heavy atom. The van der Waals surface area contributed by atoms with Crippen molar-refractivity contribution in [1.29, 1.82) is 0 Å². The number of likely N-dealkylation sites (N-methyl/N-ethyl adjacent to an activating group) is 1. The standard InChI is InChI=1S/C18H17ClN2S/c1-21-8-7-18-16(11-21)15-10-14(5-6-17(15)20-18)22-13-4-2-3-12(19)9-13/h2-6,9-10,20H,7-8,11H2,1H3. The van der Waals surface area contributed by atoms with E-state index in [9.17, 15) is 0 Å². The summed E-state index contributed by atoms with van der Waals surface area (Å²) in [6.07, 6.45) is 1.11. The van der Waals surface area contributed by atoms with E-state index in [1.807, 2.05) is 18.2 Å². The maximum absolute atomic E-state index is 6.08. The molecule has 3 aromatic rings. The summed E-state index contributed by atoms with van der Waals surface area (Å²) in [6.45, 7) is 2.16. The molecule has 0 bridgehead atoms. The Bertz CT molecular complexity index is 840. The van der Waals surface area contributed by atoms with E-state index in [0.29, 0.717) is 0 Å². The fourth-order valence-corrected chi connectivity index (χ4v) is 4.23. The molecule has 0 aliphatic carbocycles. The molecular formula is C18H17ClN2S. The highest BCUT2D eigenvalue weighted by atomic mass is 35.5. The van der Waals surface area contributed by atoms with Gasteiger partial charge in [-0.05, 0) is 49.0 Å². The zero-order valence-electron chi connectivity index (χ0n) is 12.4. The molecule has 0 radical (unpaired) electrons. The van der Waals surface area contributed by atoms with E-state index < -0.39 is 0 Å². The molecule has 2 aromatic carbocycles. The van der Waals surface area contributed by atoms with Gasteiger partial charge in [-0.1, -0.05) is 29.4 Å². The molecule has 4 heteroatoms. The van der Waals surface area contributed by atoms with Crippen LogP contribution in [0.15, 0.2) is 52.3 Å². The van der Waals surface area contributed by atoms with Crippen molar-refractivity contribution in [2.24, 2.45) is 0 Å². The monoisotopic (exact) mass is 328 g/mol. The Balaban J connectivity index is 1.72. The number of hydrogen-bond donors (Lipinski definition) is 1. The van der Waals surface area contributed by atoms with Crippen LogP contribution in [-0.4, -0.2) is 23.5 Å². The van der Waals surface area contributed by atoms with Crippen LogP contribution in [0.1, 0.15) is 11.3 Å². The number of rotatable bonds is 2. The Hall–Kier alpha value is -1.42. The number of fused-ring (bicyclic) bond motifs is 3. The van der Waals surface area contributed by atoms with Crippen molar-refractivity contribution < 1.29 is 0 Å². The average Bonchev–Trinajstić information content (AvgIpc) is 2.85. The van der Waals surface area contributed by atoms with Crippen molar-refractivity contribution in [2.45, 2.75) is 22.8 Å². The molecule has 22 heavy (non-hydrogen) atoms. The second-order valence-electron chi connectivity index (χ2n) is 5.84. The zero-order chi connectivity index (χ0) is 15.1. The van der Waals surface area contributed by atoms with Gasteiger partial charge in [0.15, 0.2) is 0 Å². The van der Waals surface area contributed by atoms with E-state index in [-0.39, 0.29) is 0 Å². The molecule has 1 aromatic heterocycles. The third-order valence-corrected chi connectivity index (χ3v) is 5.38. The predicted octanol–water partition coefficient (Wildman–Crippen LogP) is 4.96. The van der Waals surface area contributed by atoms with Crippen molar-refractivity contribution in [2.75, 3.05) is 13.6 Å². The lowest BCUT2D eigenvalue weighted by Gasteiger charge is -2.22. The lowest BCUT2D eigenvalue weighted by molar-refractivity contribution is 0.313. The van der Waals surface area contributed by atoms with Gasteiger partial charge in [-0.3, -0.25) is 0 Å². The zero-order valence-corrected chi connectivity index (χ0v) is 14.0. The van der Waals surface area contributed by atoms with Crippen LogP contribution in [0.2, 0.25) is 5.02 Å². The van der Waals surface area contributed by atoms with Gasteiger partial charge in [-0.2, -0.15) is 0 Å². The molecule has 2 heterocycles. The fraction of sp³-hybridized carbons (Fsp3) is 0.222. The summed E-state index contributed by atoms with van der Waals surface area (Å²) in [7, 11) is 2.19. The first-order valence-electron chi connectivity index (χ1n) is 7.44. The third kappa shape index (κ3) is 2.65. The van der Waals surface area contributed by atoms with E-state index in [1.54, 1.807) is 11.8 Å². The van der Waals surface area contributed by atoms with Crippen molar-refractivity contribution in [3.05, 3.63) is 58.7 Å². The van der Waals surface area contributed by atoms with Crippen LogP contribution in [0.3, 0.4) is 0 Å². The van der Waals surface area contributed by atoms with Crippen LogP contribution >= 0.6 is 23.4 Å². The second kappa shape index (κ2) is 5.65. The first-order valence-corrected chi connectivity index (χ1v) is 8.64. The van der Waals surface area contributed by atoms with Crippen LogP contribution in [-0.2, 0) is 13.0 Å². The van der Waals surface area contributed by atoms with Crippen molar-refractivity contribution in [3.63, 3.8) is 0 Å². The molecule has 0 amide bonds. The van der Waals surface area contributed by atoms with Gasteiger partial charge in [0.05, 0.1) is 0 Å². The van der Waals surface area contributed by atoms with Crippen LogP contribution in [0.5, 0.6) is 0 Å². The van der Waals surface area contributed by atoms with Crippen LogP contribution in [0.4, 0.5) is 0 Å². The highest BCUT2D eigenvalue weighted by Gasteiger charge is 2.18. The smallest absolute Gasteiger partial charge is 0.0460 e. The molecule has 0 saturated carbocycles. The van der Waals surface area contributed by atoms with Crippen LogP contribution in [0.25, 0.3) is 10.9 Å². The summed E-state index contributed by atoms with van der Waals surface area (Å²) < 4.78 is 0. The summed E-state index contributed by atoms with van der Waals surface area (Å²) in [6, 6.07) is 14.7. The minimum absolute atomic E-state index is 0.784. The molecule has 112 valence electrons. The molecule has 2 nitrogen and oxygen atoms in total. The molecule has 0 unspecified atom stereocenters. The number of hydrogen-bond acceptors (Lipinski definition) is 2. The van der Waals surface area contributed by atoms with Gasteiger partial charge in [-0.25, -0.2) is 0 Å². The number of aromatic amines is 1. The average molecular weight is 329 g/mol. The maximum atomic E-state index is 6.08. The molecule has 1 N–H and O–H groups in total. The molecule has 0 atom stereocenters. The lowest BCUT2D eigenvalue weighted by atomic mass is 10.1.